The van der Waals surface area contributed by atoms with Crippen molar-refractivity contribution in [2.24, 2.45) is 5.73 Å². The molecule has 0 saturated heterocycles. The van der Waals surface area contributed by atoms with Crippen molar-refractivity contribution < 1.29 is 4.79 Å². The van der Waals surface area contributed by atoms with Gasteiger partial charge in [-0.3, -0.25) is 4.79 Å². The monoisotopic (exact) mass is 198 g/mol. The Balaban J connectivity index is 4.05. The van der Waals surface area contributed by atoms with Gasteiger partial charge in [0, 0.05) is 13.6 Å². The fourth-order valence-electron chi connectivity index (χ4n) is 1.16. The van der Waals surface area contributed by atoms with E-state index < -0.39 is 5.54 Å². The van der Waals surface area contributed by atoms with E-state index in [4.69, 9.17) is 5.73 Å². The molecule has 1 amide bonds. The Labute approximate surface area is 87.0 Å². The zero-order chi connectivity index (χ0) is 11.2. The van der Waals surface area contributed by atoms with Crippen LogP contribution in [0.3, 0.4) is 0 Å². The minimum Gasteiger partial charge on any atom is -0.344 e. The number of hydrogen-bond donors (Lipinski definition) is 1. The third kappa shape index (κ3) is 3.92. The van der Waals surface area contributed by atoms with E-state index in [0.717, 1.165) is 19.4 Å². The summed E-state index contributed by atoms with van der Waals surface area (Å²) in [6.07, 6.45) is 4.41. The molecule has 1 unspecified atom stereocenters. The van der Waals surface area contributed by atoms with Gasteiger partial charge in [-0.05, 0) is 26.2 Å². The first kappa shape index (κ1) is 13.2. The van der Waals surface area contributed by atoms with Crippen molar-refractivity contribution in [2.45, 2.75) is 38.6 Å². The summed E-state index contributed by atoms with van der Waals surface area (Å²) < 4.78 is 0. The highest BCUT2D eigenvalue weighted by Gasteiger charge is 2.28. The first-order valence-electron chi connectivity index (χ1n) is 5.11. The lowest BCUT2D eigenvalue weighted by Gasteiger charge is -2.28. The molecule has 0 spiro atoms. The molecule has 0 aliphatic rings. The van der Waals surface area contributed by atoms with Gasteiger partial charge in [0.2, 0.25) is 5.91 Å². The maximum Gasteiger partial charge on any atom is 0.242 e. The Hall–Kier alpha value is -0.830. The molecule has 0 aliphatic carbocycles. The first-order chi connectivity index (χ1) is 6.45. The van der Waals surface area contributed by atoms with Crippen LogP contribution in [0, 0.1) is 0 Å². The van der Waals surface area contributed by atoms with Gasteiger partial charge in [0.25, 0.3) is 0 Å². The molecule has 2 N–H and O–H groups in total. The van der Waals surface area contributed by atoms with Crippen LogP contribution >= 0.6 is 0 Å². The van der Waals surface area contributed by atoms with Gasteiger partial charge in [-0.25, -0.2) is 0 Å². The Morgan fingerprint density at radius 1 is 1.64 bits per heavy atom. The molecule has 0 rings (SSSR count). The van der Waals surface area contributed by atoms with Gasteiger partial charge < -0.3 is 10.6 Å². The van der Waals surface area contributed by atoms with Gasteiger partial charge in [0.1, 0.15) is 0 Å². The fourth-order valence-corrected chi connectivity index (χ4v) is 1.16. The van der Waals surface area contributed by atoms with Crippen molar-refractivity contribution in [1.29, 1.82) is 0 Å². The number of allylic oxidation sites excluding steroid dienone is 1. The number of nitrogens with zero attached hydrogens (tertiary/aromatic N) is 1. The van der Waals surface area contributed by atoms with Crippen molar-refractivity contribution in [3.8, 4) is 0 Å². The molecule has 0 heterocycles. The summed E-state index contributed by atoms with van der Waals surface area (Å²) in [5, 5.41) is 0. The number of carbonyl (C=O) groups is 1. The number of likely N-dealkylation sites (N-methyl/N-ethyl adjacent to an activating group) is 1. The highest BCUT2D eigenvalue weighted by molar-refractivity contribution is 5.85. The van der Waals surface area contributed by atoms with Crippen LogP contribution in [0.15, 0.2) is 12.7 Å². The zero-order valence-corrected chi connectivity index (χ0v) is 9.55. The Morgan fingerprint density at radius 2 is 2.21 bits per heavy atom. The summed E-state index contributed by atoms with van der Waals surface area (Å²) in [7, 11) is 1.80. The van der Waals surface area contributed by atoms with E-state index in [1.165, 1.54) is 0 Å². The Kier molecular flexibility index (Phi) is 5.46. The summed E-state index contributed by atoms with van der Waals surface area (Å²) in [5.41, 5.74) is 5.13. The SMILES string of the molecule is C=CCCCN(C)C(=O)C(C)(N)CC. The zero-order valence-electron chi connectivity index (χ0n) is 9.55. The molecular formula is C11H22N2O. The molecule has 14 heavy (non-hydrogen) atoms. The second kappa shape index (κ2) is 5.81. The fraction of sp³-hybridized carbons (Fsp3) is 0.727. The third-order valence-electron chi connectivity index (χ3n) is 2.47. The molecule has 0 fully saturated rings. The van der Waals surface area contributed by atoms with Crippen LogP contribution in [0.4, 0.5) is 0 Å². The number of nitrogens with two attached hydrogens (primary N) is 1. The quantitative estimate of drug-likeness (QED) is 0.520. The predicted octanol–water partition coefficient (Wildman–Crippen LogP) is 1.54. The predicted molar refractivity (Wildman–Crippen MR) is 60.0 cm³/mol. The molecule has 0 bridgehead atoms. The summed E-state index contributed by atoms with van der Waals surface area (Å²) >= 11 is 0. The van der Waals surface area contributed by atoms with Crippen LogP contribution in [0.25, 0.3) is 0 Å². The number of rotatable bonds is 6. The minimum absolute atomic E-state index is 0.0177. The summed E-state index contributed by atoms with van der Waals surface area (Å²) in [6, 6.07) is 0. The van der Waals surface area contributed by atoms with E-state index in [1.54, 1.807) is 18.9 Å². The number of unbranched alkanes of at least 4 members (excludes halogenated alkanes) is 1. The molecular weight excluding hydrogens is 176 g/mol. The molecule has 0 aromatic rings. The molecule has 0 saturated carbocycles. The van der Waals surface area contributed by atoms with Gasteiger partial charge in [-0.2, -0.15) is 0 Å². The largest absolute Gasteiger partial charge is 0.344 e. The molecule has 82 valence electrons. The second-order valence-electron chi connectivity index (χ2n) is 3.93. The standard InChI is InChI=1S/C11H22N2O/c1-5-7-8-9-13(4)10(14)11(3,12)6-2/h5H,1,6-9,12H2,2-4H3. The van der Waals surface area contributed by atoms with E-state index in [0.29, 0.717) is 6.42 Å². The molecule has 3 nitrogen and oxygen atoms in total. The molecule has 0 aliphatic heterocycles. The average molecular weight is 198 g/mol. The average Bonchev–Trinajstić information content (AvgIpc) is 2.17. The molecule has 0 aromatic heterocycles. The molecule has 0 radical (unpaired) electrons. The first-order valence-corrected chi connectivity index (χ1v) is 5.11. The van der Waals surface area contributed by atoms with Crippen molar-refractivity contribution in [3.05, 3.63) is 12.7 Å². The van der Waals surface area contributed by atoms with E-state index >= 15 is 0 Å². The maximum absolute atomic E-state index is 11.8. The van der Waals surface area contributed by atoms with Crippen LogP contribution < -0.4 is 5.73 Å². The van der Waals surface area contributed by atoms with E-state index in [2.05, 4.69) is 6.58 Å². The summed E-state index contributed by atoms with van der Waals surface area (Å²) in [5.74, 6) is 0.0177. The lowest BCUT2D eigenvalue weighted by atomic mass is 9.99. The number of hydrogen-bond acceptors (Lipinski definition) is 2. The molecule has 0 aromatic carbocycles. The van der Waals surface area contributed by atoms with E-state index in [-0.39, 0.29) is 5.91 Å². The normalized spacial score (nSPS) is 14.6. The number of carbonyl (C=O) groups excluding carboxylic acids is 1. The van der Waals surface area contributed by atoms with E-state index in [9.17, 15) is 4.79 Å². The van der Waals surface area contributed by atoms with Crippen LogP contribution in [0.1, 0.15) is 33.1 Å². The highest BCUT2D eigenvalue weighted by Crippen LogP contribution is 2.09. The Morgan fingerprint density at radius 3 is 2.64 bits per heavy atom. The van der Waals surface area contributed by atoms with Gasteiger partial charge in [-0.15, -0.1) is 6.58 Å². The van der Waals surface area contributed by atoms with Gasteiger partial charge in [0.15, 0.2) is 0 Å². The van der Waals surface area contributed by atoms with Crippen molar-refractivity contribution in [2.75, 3.05) is 13.6 Å². The third-order valence-corrected chi connectivity index (χ3v) is 2.47. The highest BCUT2D eigenvalue weighted by atomic mass is 16.2. The minimum atomic E-state index is -0.719. The van der Waals surface area contributed by atoms with Crippen LogP contribution in [0.2, 0.25) is 0 Å². The van der Waals surface area contributed by atoms with Gasteiger partial charge in [0.05, 0.1) is 5.54 Å². The summed E-state index contributed by atoms with van der Waals surface area (Å²) in [4.78, 5) is 13.5. The van der Waals surface area contributed by atoms with Gasteiger partial charge in [-0.1, -0.05) is 13.0 Å². The lowest BCUT2D eigenvalue weighted by molar-refractivity contribution is -0.135. The van der Waals surface area contributed by atoms with Crippen LogP contribution in [-0.4, -0.2) is 29.9 Å². The topological polar surface area (TPSA) is 46.3 Å². The van der Waals surface area contributed by atoms with Crippen LogP contribution in [-0.2, 0) is 4.79 Å². The Bertz CT molecular complexity index is 199. The van der Waals surface area contributed by atoms with Gasteiger partial charge >= 0.3 is 0 Å². The lowest BCUT2D eigenvalue weighted by Crippen LogP contribution is -2.51. The molecule has 3 heteroatoms. The molecule has 1 atom stereocenters. The van der Waals surface area contributed by atoms with Crippen molar-refractivity contribution in [1.82, 2.24) is 4.90 Å². The number of amides is 1. The van der Waals surface area contributed by atoms with E-state index in [1.807, 2.05) is 13.0 Å². The smallest absolute Gasteiger partial charge is 0.242 e. The summed E-state index contributed by atoms with van der Waals surface area (Å²) in [6.45, 7) is 8.09. The maximum atomic E-state index is 11.8. The van der Waals surface area contributed by atoms with Crippen LogP contribution in [0.5, 0.6) is 0 Å². The van der Waals surface area contributed by atoms with Crippen molar-refractivity contribution >= 4 is 5.91 Å². The second-order valence-corrected chi connectivity index (χ2v) is 3.93. The van der Waals surface area contributed by atoms with Crippen molar-refractivity contribution in [3.63, 3.8) is 0 Å².